The highest BCUT2D eigenvalue weighted by Gasteiger charge is 2.23. The van der Waals surface area contributed by atoms with Crippen LogP contribution >= 0.6 is 11.8 Å². The highest BCUT2D eigenvalue weighted by molar-refractivity contribution is 7.99. The van der Waals surface area contributed by atoms with Crippen LogP contribution in [0.2, 0.25) is 0 Å². The van der Waals surface area contributed by atoms with E-state index in [0.29, 0.717) is 23.9 Å². The molecule has 0 spiro atoms. The zero-order chi connectivity index (χ0) is 13.9. The molecule has 1 unspecified atom stereocenters. The molecular formula is C12H17N7S. The Morgan fingerprint density at radius 2 is 2.30 bits per heavy atom. The molecule has 20 heavy (non-hydrogen) atoms. The summed E-state index contributed by atoms with van der Waals surface area (Å²) in [5.74, 6) is 4.08. The Bertz CT molecular complexity index is 565. The van der Waals surface area contributed by atoms with E-state index < -0.39 is 0 Å². The first-order valence-corrected chi connectivity index (χ1v) is 7.68. The summed E-state index contributed by atoms with van der Waals surface area (Å²) in [5.41, 5.74) is 0. The van der Waals surface area contributed by atoms with Gasteiger partial charge in [-0.25, -0.2) is 4.68 Å². The van der Waals surface area contributed by atoms with Gasteiger partial charge >= 0.3 is 0 Å². The van der Waals surface area contributed by atoms with Crippen LogP contribution in [0, 0.1) is 0 Å². The fraction of sp³-hybridized carbons (Fsp3) is 0.500. The highest BCUT2D eigenvalue weighted by atomic mass is 32.2. The Morgan fingerprint density at radius 3 is 2.95 bits per heavy atom. The third-order valence-corrected chi connectivity index (χ3v) is 4.46. The van der Waals surface area contributed by atoms with Gasteiger partial charge in [0.15, 0.2) is 0 Å². The monoisotopic (exact) mass is 291 g/mol. The Balaban J connectivity index is 1.95. The van der Waals surface area contributed by atoms with Crippen molar-refractivity contribution in [3.63, 3.8) is 0 Å². The third kappa shape index (κ3) is 2.55. The second-order valence-corrected chi connectivity index (χ2v) is 5.74. The summed E-state index contributed by atoms with van der Waals surface area (Å²) in [6.45, 7) is 0. The van der Waals surface area contributed by atoms with E-state index in [1.165, 1.54) is 12.2 Å². The SMILES string of the molecule is CNc1nc(N(C)C2CCSC2)nc(-n2cccn2)n1. The molecule has 2 aromatic heterocycles. The fourth-order valence-corrected chi connectivity index (χ4v) is 3.37. The van der Waals surface area contributed by atoms with Crippen molar-refractivity contribution in [3.8, 4) is 5.95 Å². The molecule has 0 radical (unpaired) electrons. The number of anilines is 2. The topological polar surface area (TPSA) is 71.8 Å². The molecule has 1 aliphatic heterocycles. The summed E-state index contributed by atoms with van der Waals surface area (Å²) in [7, 11) is 3.84. The number of hydrogen-bond donors (Lipinski definition) is 1. The zero-order valence-electron chi connectivity index (χ0n) is 11.5. The lowest BCUT2D eigenvalue weighted by Crippen LogP contribution is -2.33. The molecule has 3 rings (SSSR count). The van der Waals surface area contributed by atoms with Gasteiger partial charge in [-0.05, 0) is 18.2 Å². The van der Waals surface area contributed by atoms with Crippen molar-refractivity contribution in [2.75, 3.05) is 35.8 Å². The van der Waals surface area contributed by atoms with Crippen molar-refractivity contribution >= 4 is 23.7 Å². The van der Waals surface area contributed by atoms with Gasteiger partial charge in [0.1, 0.15) is 0 Å². The lowest BCUT2D eigenvalue weighted by atomic mass is 10.2. The maximum absolute atomic E-state index is 4.52. The minimum atomic E-state index is 0.484. The smallest absolute Gasteiger partial charge is 0.257 e. The average molecular weight is 291 g/mol. The van der Waals surface area contributed by atoms with Crippen LogP contribution in [0.1, 0.15) is 6.42 Å². The summed E-state index contributed by atoms with van der Waals surface area (Å²) in [5, 5.41) is 7.15. The van der Waals surface area contributed by atoms with Gasteiger partial charge in [-0.15, -0.1) is 0 Å². The summed E-state index contributed by atoms with van der Waals surface area (Å²) in [6, 6.07) is 2.33. The Hall–Kier alpha value is -1.83. The van der Waals surface area contributed by atoms with Crippen LogP contribution in [-0.4, -0.2) is 56.4 Å². The number of thioether (sulfide) groups is 1. The highest BCUT2D eigenvalue weighted by Crippen LogP contribution is 2.24. The van der Waals surface area contributed by atoms with E-state index in [0.717, 1.165) is 5.75 Å². The molecule has 0 saturated carbocycles. The molecule has 1 fully saturated rings. The second kappa shape index (κ2) is 5.66. The predicted molar refractivity (Wildman–Crippen MR) is 80.6 cm³/mol. The van der Waals surface area contributed by atoms with Crippen LogP contribution in [-0.2, 0) is 0 Å². The van der Waals surface area contributed by atoms with Gasteiger partial charge in [-0.1, -0.05) is 0 Å². The van der Waals surface area contributed by atoms with E-state index in [1.807, 2.05) is 31.1 Å². The molecule has 0 bridgehead atoms. The first kappa shape index (κ1) is 13.2. The van der Waals surface area contributed by atoms with Crippen molar-refractivity contribution in [3.05, 3.63) is 18.5 Å². The molecule has 1 atom stereocenters. The molecule has 0 amide bonds. The Labute approximate surface area is 121 Å². The number of hydrogen-bond acceptors (Lipinski definition) is 7. The average Bonchev–Trinajstić information content (AvgIpc) is 3.18. The first-order valence-electron chi connectivity index (χ1n) is 6.52. The molecule has 1 N–H and O–H groups in total. The second-order valence-electron chi connectivity index (χ2n) is 4.59. The predicted octanol–water partition coefficient (Wildman–Crippen LogP) is 1.04. The van der Waals surface area contributed by atoms with Crippen molar-refractivity contribution < 1.29 is 0 Å². The van der Waals surface area contributed by atoms with Gasteiger partial charge < -0.3 is 10.2 Å². The van der Waals surface area contributed by atoms with E-state index in [-0.39, 0.29) is 0 Å². The van der Waals surface area contributed by atoms with Gasteiger partial charge in [-0.2, -0.15) is 31.8 Å². The van der Waals surface area contributed by atoms with E-state index >= 15 is 0 Å². The van der Waals surface area contributed by atoms with Crippen LogP contribution in [0.4, 0.5) is 11.9 Å². The Kier molecular flexibility index (Phi) is 3.72. The maximum Gasteiger partial charge on any atom is 0.257 e. The molecule has 0 aromatic carbocycles. The molecule has 106 valence electrons. The minimum absolute atomic E-state index is 0.484. The van der Waals surface area contributed by atoms with Crippen LogP contribution in [0.15, 0.2) is 18.5 Å². The maximum atomic E-state index is 4.52. The molecule has 2 aromatic rings. The molecule has 0 aliphatic carbocycles. The Morgan fingerprint density at radius 1 is 1.40 bits per heavy atom. The standard InChI is InChI=1S/C12H17N7S/c1-13-10-15-11(18(2)9-4-7-20-8-9)17-12(16-10)19-6-3-5-14-19/h3,5-6,9H,4,7-8H2,1-2H3,(H,13,15,16,17). The van der Waals surface area contributed by atoms with Crippen LogP contribution < -0.4 is 10.2 Å². The van der Waals surface area contributed by atoms with E-state index in [1.54, 1.807) is 17.9 Å². The van der Waals surface area contributed by atoms with Crippen molar-refractivity contribution in [1.82, 2.24) is 24.7 Å². The van der Waals surface area contributed by atoms with Crippen LogP contribution in [0.25, 0.3) is 5.95 Å². The third-order valence-electron chi connectivity index (χ3n) is 3.31. The molecule has 3 heterocycles. The van der Waals surface area contributed by atoms with Gasteiger partial charge in [0, 0.05) is 38.3 Å². The molecule has 1 aliphatic rings. The largest absolute Gasteiger partial charge is 0.357 e. The number of nitrogens with one attached hydrogen (secondary N) is 1. The quantitative estimate of drug-likeness (QED) is 0.902. The lowest BCUT2D eigenvalue weighted by molar-refractivity contribution is 0.673. The van der Waals surface area contributed by atoms with E-state index in [2.05, 4.69) is 30.3 Å². The van der Waals surface area contributed by atoms with Gasteiger partial charge in [0.05, 0.1) is 0 Å². The van der Waals surface area contributed by atoms with Crippen LogP contribution in [0.3, 0.4) is 0 Å². The number of nitrogens with zero attached hydrogens (tertiary/aromatic N) is 6. The minimum Gasteiger partial charge on any atom is -0.357 e. The normalized spacial score (nSPS) is 18.2. The summed E-state index contributed by atoms with van der Waals surface area (Å²) < 4.78 is 1.64. The van der Waals surface area contributed by atoms with Crippen molar-refractivity contribution in [2.45, 2.75) is 12.5 Å². The summed E-state index contributed by atoms with van der Waals surface area (Å²) >= 11 is 1.97. The van der Waals surface area contributed by atoms with Crippen molar-refractivity contribution in [1.29, 1.82) is 0 Å². The molecule has 7 nitrogen and oxygen atoms in total. The summed E-state index contributed by atoms with van der Waals surface area (Å²) in [4.78, 5) is 15.4. The van der Waals surface area contributed by atoms with Gasteiger partial charge in [0.25, 0.3) is 5.95 Å². The number of rotatable bonds is 4. The van der Waals surface area contributed by atoms with Crippen molar-refractivity contribution in [2.24, 2.45) is 0 Å². The zero-order valence-corrected chi connectivity index (χ0v) is 12.3. The van der Waals surface area contributed by atoms with E-state index in [4.69, 9.17) is 0 Å². The van der Waals surface area contributed by atoms with Gasteiger partial charge in [-0.3, -0.25) is 0 Å². The number of aromatic nitrogens is 5. The molecule has 8 heteroatoms. The van der Waals surface area contributed by atoms with Gasteiger partial charge in [0.2, 0.25) is 11.9 Å². The molecular weight excluding hydrogens is 274 g/mol. The molecule has 1 saturated heterocycles. The summed E-state index contributed by atoms with van der Waals surface area (Å²) in [6.07, 6.45) is 4.70. The fourth-order valence-electron chi connectivity index (χ4n) is 2.10. The first-order chi connectivity index (χ1) is 9.78. The van der Waals surface area contributed by atoms with E-state index in [9.17, 15) is 0 Å². The lowest BCUT2D eigenvalue weighted by Gasteiger charge is -2.24. The van der Waals surface area contributed by atoms with Crippen LogP contribution in [0.5, 0.6) is 0 Å².